The van der Waals surface area contributed by atoms with Crippen molar-refractivity contribution in [1.29, 1.82) is 0 Å². The minimum atomic E-state index is -1.11. The monoisotopic (exact) mass is 162 g/mol. The van der Waals surface area contributed by atoms with E-state index < -0.39 is 11.7 Å². The summed E-state index contributed by atoms with van der Waals surface area (Å²) in [6, 6.07) is 0. The van der Waals surface area contributed by atoms with Crippen LogP contribution in [0.2, 0.25) is 0 Å². The third kappa shape index (κ3) is 3.96. The van der Waals surface area contributed by atoms with Crippen molar-refractivity contribution in [2.75, 3.05) is 0 Å². The molecule has 0 rings (SSSR count). The number of nitrogens with two attached hydrogens (primary N) is 1. The predicted octanol–water partition coefficient (Wildman–Crippen LogP) is 0.219. The summed E-state index contributed by atoms with van der Waals surface area (Å²) < 4.78 is 12.2. The number of halogens is 1. The summed E-state index contributed by atoms with van der Waals surface area (Å²) in [5, 5.41) is 2.32. The van der Waals surface area contributed by atoms with Crippen LogP contribution in [-0.4, -0.2) is 10.9 Å². The van der Waals surface area contributed by atoms with Crippen LogP contribution in [-0.2, 0) is 4.79 Å². The molecule has 0 saturated heterocycles. The lowest BCUT2D eigenvalue weighted by atomic mass is 10.5. The summed E-state index contributed by atoms with van der Waals surface area (Å²) in [5.41, 5.74) is 4.56. The Balaban J connectivity index is 3.92. The van der Waals surface area contributed by atoms with E-state index in [0.29, 0.717) is 4.99 Å². The van der Waals surface area contributed by atoms with Crippen molar-refractivity contribution in [2.24, 2.45) is 5.73 Å². The first-order chi connectivity index (χ1) is 4.54. The molecular formula is C5H7FN2OS. The average molecular weight is 162 g/mol. The minimum Gasteiger partial charge on any atom is -0.364 e. The van der Waals surface area contributed by atoms with Crippen LogP contribution in [0.1, 0.15) is 6.92 Å². The smallest absolute Gasteiger partial charge is 0.278 e. The van der Waals surface area contributed by atoms with Gasteiger partial charge >= 0.3 is 0 Å². The number of primary amides is 1. The van der Waals surface area contributed by atoms with Crippen LogP contribution < -0.4 is 11.1 Å². The fourth-order valence-corrected chi connectivity index (χ4v) is 0.295. The van der Waals surface area contributed by atoms with Gasteiger partial charge in [0.15, 0.2) is 0 Å². The van der Waals surface area contributed by atoms with Crippen molar-refractivity contribution >= 4 is 23.1 Å². The zero-order chi connectivity index (χ0) is 8.15. The van der Waals surface area contributed by atoms with Gasteiger partial charge < -0.3 is 11.1 Å². The first kappa shape index (κ1) is 9.03. The first-order valence-corrected chi connectivity index (χ1v) is 2.87. The van der Waals surface area contributed by atoms with E-state index in [1.54, 1.807) is 6.92 Å². The van der Waals surface area contributed by atoms with Crippen molar-refractivity contribution in [3.63, 3.8) is 0 Å². The standard InChI is InChI=1S/C5H7FN2OS/c1-3(10)8-2-4(6)5(7)9/h2H,1H3,(H2,7,9)(H,8,10). The fraction of sp³-hybridized carbons (Fsp3) is 0.200. The van der Waals surface area contributed by atoms with Gasteiger partial charge in [-0.15, -0.1) is 0 Å². The van der Waals surface area contributed by atoms with Gasteiger partial charge in [-0.1, -0.05) is 12.2 Å². The maximum absolute atomic E-state index is 12.2. The summed E-state index contributed by atoms with van der Waals surface area (Å²) in [5.74, 6) is -2.15. The van der Waals surface area contributed by atoms with Gasteiger partial charge in [-0.3, -0.25) is 4.79 Å². The van der Waals surface area contributed by atoms with Crippen molar-refractivity contribution in [3.05, 3.63) is 12.0 Å². The number of amides is 1. The van der Waals surface area contributed by atoms with Gasteiger partial charge in [0, 0.05) is 6.20 Å². The Morgan fingerprint density at radius 1 is 1.80 bits per heavy atom. The molecule has 0 unspecified atom stereocenters. The third-order valence-corrected chi connectivity index (χ3v) is 0.755. The van der Waals surface area contributed by atoms with Crippen LogP contribution in [0, 0.1) is 0 Å². The highest BCUT2D eigenvalue weighted by Crippen LogP contribution is 1.90. The maximum Gasteiger partial charge on any atom is 0.278 e. The number of hydrogen-bond acceptors (Lipinski definition) is 2. The van der Waals surface area contributed by atoms with Crippen LogP contribution in [0.25, 0.3) is 0 Å². The number of carbonyl (C=O) groups excluding carboxylic acids is 1. The van der Waals surface area contributed by atoms with E-state index in [-0.39, 0.29) is 0 Å². The Bertz CT molecular complexity index is 190. The van der Waals surface area contributed by atoms with Crippen LogP contribution in [0.3, 0.4) is 0 Å². The van der Waals surface area contributed by atoms with Gasteiger partial charge in [0.25, 0.3) is 5.91 Å². The summed E-state index contributed by atoms with van der Waals surface area (Å²) in [7, 11) is 0. The largest absolute Gasteiger partial charge is 0.364 e. The van der Waals surface area contributed by atoms with Gasteiger partial charge in [0.2, 0.25) is 5.83 Å². The molecule has 0 spiro atoms. The number of thiocarbonyl (C=S) groups is 1. The second-order valence-corrected chi connectivity index (χ2v) is 2.17. The molecule has 3 N–H and O–H groups in total. The lowest BCUT2D eigenvalue weighted by molar-refractivity contribution is -0.115. The lowest BCUT2D eigenvalue weighted by Crippen LogP contribution is -2.16. The highest BCUT2D eigenvalue weighted by atomic mass is 32.1. The Morgan fingerprint density at radius 3 is 2.60 bits per heavy atom. The number of nitrogens with one attached hydrogen (secondary N) is 1. The molecule has 1 amide bonds. The van der Waals surface area contributed by atoms with Crippen molar-refractivity contribution in [3.8, 4) is 0 Å². The molecule has 0 aromatic heterocycles. The minimum absolute atomic E-state index is 0.372. The van der Waals surface area contributed by atoms with Gasteiger partial charge in [-0.25, -0.2) is 0 Å². The Labute approximate surface area is 63.1 Å². The highest BCUT2D eigenvalue weighted by molar-refractivity contribution is 7.80. The third-order valence-electron chi connectivity index (χ3n) is 0.638. The molecule has 0 fully saturated rings. The van der Waals surface area contributed by atoms with Crippen LogP contribution >= 0.6 is 12.2 Å². The lowest BCUT2D eigenvalue weighted by Gasteiger charge is -1.93. The summed E-state index contributed by atoms with van der Waals surface area (Å²) in [6.45, 7) is 1.56. The van der Waals surface area contributed by atoms with E-state index in [9.17, 15) is 9.18 Å². The van der Waals surface area contributed by atoms with Crippen molar-refractivity contribution in [2.45, 2.75) is 6.92 Å². The summed E-state index contributed by atoms with van der Waals surface area (Å²) in [4.78, 5) is 10.4. The molecule has 56 valence electrons. The quantitative estimate of drug-likeness (QED) is 0.451. The van der Waals surface area contributed by atoms with Crippen molar-refractivity contribution < 1.29 is 9.18 Å². The highest BCUT2D eigenvalue weighted by Gasteiger charge is 1.99. The van der Waals surface area contributed by atoms with Crippen LogP contribution in [0.15, 0.2) is 12.0 Å². The van der Waals surface area contributed by atoms with E-state index >= 15 is 0 Å². The number of hydrogen-bond donors (Lipinski definition) is 2. The molecule has 0 aliphatic rings. The molecule has 0 heterocycles. The van der Waals surface area contributed by atoms with Gasteiger partial charge in [-0.05, 0) is 6.92 Å². The summed E-state index contributed by atoms with van der Waals surface area (Å²) >= 11 is 4.53. The van der Waals surface area contributed by atoms with Gasteiger partial charge in [0.1, 0.15) is 0 Å². The molecule has 0 saturated carbocycles. The normalized spacial score (nSPS) is 10.8. The molecule has 10 heavy (non-hydrogen) atoms. The van der Waals surface area contributed by atoms with Gasteiger partial charge in [-0.2, -0.15) is 4.39 Å². The van der Waals surface area contributed by atoms with Crippen molar-refractivity contribution in [1.82, 2.24) is 5.32 Å². The fourth-order valence-electron chi connectivity index (χ4n) is 0.236. The Hall–Kier alpha value is -0.970. The van der Waals surface area contributed by atoms with E-state index in [2.05, 4.69) is 23.3 Å². The molecule has 0 bridgehead atoms. The first-order valence-electron chi connectivity index (χ1n) is 2.46. The van der Waals surface area contributed by atoms with E-state index in [1.807, 2.05) is 0 Å². The van der Waals surface area contributed by atoms with E-state index in [1.165, 1.54) is 0 Å². The van der Waals surface area contributed by atoms with Crippen LogP contribution in [0.4, 0.5) is 4.39 Å². The Kier molecular flexibility index (Phi) is 3.56. The molecule has 0 aromatic rings. The second-order valence-electron chi connectivity index (χ2n) is 1.56. The number of rotatable bonds is 2. The van der Waals surface area contributed by atoms with Crippen LogP contribution in [0.5, 0.6) is 0 Å². The van der Waals surface area contributed by atoms with E-state index in [0.717, 1.165) is 6.20 Å². The maximum atomic E-state index is 12.2. The molecule has 5 heteroatoms. The molecular weight excluding hydrogens is 155 g/mol. The molecule has 0 aromatic carbocycles. The predicted molar refractivity (Wildman–Crippen MR) is 39.8 cm³/mol. The topological polar surface area (TPSA) is 55.1 Å². The molecule has 3 nitrogen and oxygen atoms in total. The average Bonchev–Trinajstić information content (AvgIpc) is 1.82. The van der Waals surface area contributed by atoms with Gasteiger partial charge in [0.05, 0.1) is 4.99 Å². The summed E-state index contributed by atoms with van der Waals surface area (Å²) in [6.07, 6.45) is 0.824. The van der Waals surface area contributed by atoms with E-state index in [4.69, 9.17) is 0 Å². The molecule has 0 atom stereocenters. The Morgan fingerprint density at radius 2 is 2.30 bits per heavy atom. The molecule has 0 aliphatic carbocycles. The molecule has 0 radical (unpaired) electrons. The zero-order valence-corrected chi connectivity index (χ0v) is 6.17. The zero-order valence-electron chi connectivity index (χ0n) is 5.35. The second kappa shape index (κ2) is 3.94. The number of carbonyl (C=O) groups is 1. The molecule has 0 aliphatic heterocycles. The SMILES string of the molecule is CC(=S)NC=C(F)C(N)=O.